The summed E-state index contributed by atoms with van der Waals surface area (Å²) in [6.07, 6.45) is 0. The third-order valence-electron chi connectivity index (χ3n) is 6.68. The first-order valence-electron chi connectivity index (χ1n) is 13.2. The van der Waals surface area contributed by atoms with Crippen LogP contribution < -0.4 is 15.6 Å². The van der Waals surface area contributed by atoms with E-state index in [1.165, 1.54) is 0 Å². The number of urea groups is 1. The van der Waals surface area contributed by atoms with Gasteiger partial charge in [0.1, 0.15) is 11.6 Å². The van der Waals surface area contributed by atoms with E-state index in [4.69, 9.17) is 32.9 Å². The number of amides is 2. The number of fused-ring (bicyclic) bond motifs is 1. The predicted octanol–water partition coefficient (Wildman–Crippen LogP) is 7.89. The van der Waals surface area contributed by atoms with E-state index in [1.54, 1.807) is 39.8 Å². The Hall–Kier alpha value is -4.33. The molecule has 2 amide bonds. The maximum absolute atomic E-state index is 13.9. The molecule has 1 heterocycles. The highest BCUT2D eigenvalue weighted by molar-refractivity contribution is 6.42. The Morgan fingerprint density at radius 2 is 1.66 bits per heavy atom. The average Bonchev–Trinajstić information content (AvgIpc) is 2.98. The topological polar surface area (TPSA) is 76.5 Å². The molecule has 0 fully saturated rings. The molecule has 5 aromatic rings. The zero-order valence-electron chi connectivity index (χ0n) is 22.6. The summed E-state index contributed by atoms with van der Waals surface area (Å²) in [7, 11) is 0. The van der Waals surface area contributed by atoms with Crippen molar-refractivity contribution in [1.82, 2.24) is 14.5 Å². The number of carbonyl (C=O) groups is 1. The van der Waals surface area contributed by atoms with Gasteiger partial charge in [0.05, 0.1) is 39.3 Å². The molecule has 0 saturated carbocycles. The summed E-state index contributed by atoms with van der Waals surface area (Å²) in [6, 6.07) is 28.0. The van der Waals surface area contributed by atoms with Gasteiger partial charge in [0.15, 0.2) is 0 Å². The van der Waals surface area contributed by atoms with Gasteiger partial charge in [-0.1, -0.05) is 65.7 Å². The molecule has 7 nitrogen and oxygen atoms in total. The number of aromatic nitrogens is 2. The van der Waals surface area contributed by atoms with E-state index in [9.17, 15) is 9.59 Å². The Kier molecular flexibility index (Phi) is 8.57. The van der Waals surface area contributed by atoms with Crippen LogP contribution in [0.1, 0.15) is 31.3 Å². The minimum Gasteiger partial charge on any atom is -0.494 e. The van der Waals surface area contributed by atoms with Crippen LogP contribution in [0.5, 0.6) is 5.75 Å². The molecule has 1 aromatic heterocycles. The van der Waals surface area contributed by atoms with E-state index in [0.29, 0.717) is 50.5 Å². The molecule has 0 aliphatic rings. The van der Waals surface area contributed by atoms with E-state index in [0.717, 1.165) is 5.56 Å². The third-order valence-corrected chi connectivity index (χ3v) is 7.42. The molecule has 41 heavy (non-hydrogen) atoms. The molecule has 0 spiro atoms. The van der Waals surface area contributed by atoms with Gasteiger partial charge in [-0.25, -0.2) is 9.78 Å². The Morgan fingerprint density at radius 3 is 2.37 bits per heavy atom. The van der Waals surface area contributed by atoms with E-state index in [2.05, 4.69) is 5.32 Å². The van der Waals surface area contributed by atoms with Crippen LogP contribution >= 0.6 is 23.2 Å². The number of ether oxygens (including phenoxy) is 1. The Bertz CT molecular complexity index is 1740. The second kappa shape index (κ2) is 12.5. The highest BCUT2D eigenvalue weighted by atomic mass is 35.5. The van der Waals surface area contributed by atoms with Crippen molar-refractivity contribution in [3.8, 4) is 11.4 Å². The van der Waals surface area contributed by atoms with Crippen molar-refractivity contribution in [2.24, 2.45) is 0 Å². The molecule has 0 bridgehead atoms. The van der Waals surface area contributed by atoms with Crippen LogP contribution in [-0.4, -0.2) is 27.1 Å². The fraction of sp³-hybridized carbons (Fsp3) is 0.156. The van der Waals surface area contributed by atoms with Crippen molar-refractivity contribution < 1.29 is 9.53 Å². The lowest BCUT2D eigenvalue weighted by Gasteiger charge is -2.31. The number of halogens is 2. The summed E-state index contributed by atoms with van der Waals surface area (Å²) >= 11 is 12.3. The molecule has 5 rings (SSSR count). The van der Waals surface area contributed by atoms with Gasteiger partial charge < -0.3 is 15.0 Å². The van der Waals surface area contributed by atoms with Gasteiger partial charge >= 0.3 is 6.03 Å². The molecule has 1 atom stereocenters. The number of carbonyl (C=O) groups excluding carboxylic acids is 1. The highest BCUT2D eigenvalue weighted by Crippen LogP contribution is 2.28. The van der Waals surface area contributed by atoms with Crippen molar-refractivity contribution in [3.05, 3.63) is 129 Å². The summed E-state index contributed by atoms with van der Waals surface area (Å²) < 4.78 is 7.16. The monoisotopic (exact) mass is 586 g/mol. The van der Waals surface area contributed by atoms with Crippen molar-refractivity contribution in [2.45, 2.75) is 26.4 Å². The number of hydrogen-bond donors (Lipinski definition) is 1. The Labute approximate surface area is 247 Å². The van der Waals surface area contributed by atoms with Crippen LogP contribution in [0, 0.1) is 0 Å². The SMILES string of the molecule is CCOc1ccc(-n2c(C(C)N(Cc3ccccc3)C(=O)Nc3ccc(Cl)c(Cl)c3)nc3ccccc3c2=O)cc1. The smallest absolute Gasteiger partial charge is 0.322 e. The third kappa shape index (κ3) is 6.21. The van der Waals surface area contributed by atoms with Gasteiger partial charge in [-0.05, 0) is 74.0 Å². The zero-order chi connectivity index (χ0) is 28.9. The molecule has 208 valence electrons. The van der Waals surface area contributed by atoms with Gasteiger partial charge in [0.2, 0.25) is 0 Å². The average molecular weight is 588 g/mol. The molecule has 9 heteroatoms. The van der Waals surface area contributed by atoms with Crippen molar-refractivity contribution >= 4 is 45.8 Å². The van der Waals surface area contributed by atoms with Crippen molar-refractivity contribution in [1.29, 1.82) is 0 Å². The lowest BCUT2D eigenvalue weighted by Crippen LogP contribution is -2.39. The minimum absolute atomic E-state index is 0.230. The number of nitrogens with zero attached hydrogens (tertiary/aromatic N) is 3. The summed E-state index contributed by atoms with van der Waals surface area (Å²) in [5.74, 6) is 1.11. The van der Waals surface area contributed by atoms with Gasteiger partial charge in [-0.3, -0.25) is 9.36 Å². The Morgan fingerprint density at radius 1 is 0.951 bits per heavy atom. The van der Waals surface area contributed by atoms with Crippen LogP contribution in [0.25, 0.3) is 16.6 Å². The molecule has 0 saturated heterocycles. The minimum atomic E-state index is -0.623. The van der Waals surface area contributed by atoms with Crippen LogP contribution in [0.15, 0.2) is 102 Å². The second-order valence-corrected chi connectivity index (χ2v) is 10.2. The van der Waals surface area contributed by atoms with Crippen LogP contribution in [-0.2, 0) is 6.54 Å². The number of benzene rings is 4. The van der Waals surface area contributed by atoms with E-state index >= 15 is 0 Å². The largest absolute Gasteiger partial charge is 0.494 e. The van der Waals surface area contributed by atoms with E-state index in [-0.39, 0.29) is 18.1 Å². The number of para-hydroxylation sites is 1. The summed E-state index contributed by atoms with van der Waals surface area (Å²) in [5.41, 5.74) is 2.34. The van der Waals surface area contributed by atoms with Gasteiger partial charge in [0.25, 0.3) is 5.56 Å². The zero-order valence-corrected chi connectivity index (χ0v) is 24.1. The van der Waals surface area contributed by atoms with E-state index in [1.807, 2.05) is 80.6 Å². The van der Waals surface area contributed by atoms with E-state index < -0.39 is 6.04 Å². The quantitative estimate of drug-likeness (QED) is 0.200. The first-order valence-corrected chi connectivity index (χ1v) is 13.9. The molecule has 1 unspecified atom stereocenters. The van der Waals surface area contributed by atoms with Gasteiger partial charge in [-0.15, -0.1) is 0 Å². The molecular formula is C32H28Cl2N4O3. The predicted molar refractivity (Wildman–Crippen MR) is 164 cm³/mol. The molecule has 1 N–H and O–H groups in total. The summed E-state index contributed by atoms with van der Waals surface area (Å²) in [6.45, 7) is 4.57. The van der Waals surface area contributed by atoms with Crippen LogP contribution in [0.2, 0.25) is 10.0 Å². The Balaban J connectivity index is 1.62. The first-order chi connectivity index (χ1) is 19.9. The fourth-order valence-corrected chi connectivity index (χ4v) is 4.91. The maximum atomic E-state index is 13.9. The maximum Gasteiger partial charge on any atom is 0.322 e. The molecule has 0 radical (unpaired) electrons. The number of anilines is 1. The van der Waals surface area contributed by atoms with Gasteiger partial charge in [0, 0.05) is 12.2 Å². The number of rotatable bonds is 8. The second-order valence-electron chi connectivity index (χ2n) is 9.40. The molecular weight excluding hydrogens is 559 g/mol. The summed E-state index contributed by atoms with van der Waals surface area (Å²) in [5, 5.41) is 4.12. The van der Waals surface area contributed by atoms with Crippen molar-refractivity contribution in [3.63, 3.8) is 0 Å². The molecule has 0 aliphatic heterocycles. The van der Waals surface area contributed by atoms with Gasteiger partial charge in [-0.2, -0.15) is 0 Å². The fourth-order valence-electron chi connectivity index (χ4n) is 4.61. The number of nitrogens with one attached hydrogen (secondary N) is 1. The number of hydrogen-bond acceptors (Lipinski definition) is 4. The normalized spacial score (nSPS) is 11.7. The van der Waals surface area contributed by atoms with Crippen LogP contribution in [0.3, 0.4) is 0 Å². The molecule has 0 aliphatic carbocycles. The first kappa shape index (κ1) is 28.2. The lowest BCUT2D eigenvalue weighted by atomic mass is 10.1. The lowest BCUT2D eigenvalue weighted by molar-refractivity contribution is 0.185. The van der Waals surface area contributed by atoms with Crippen LogP contribution in [0.4, 0.5) is 10.5 Å². The molecule has 4 aromatic carbocycles. The standard InChI is InChI=1S/C32H28Cl2N4O3/c1-3-41-25-16-14-24(15-17-25)38-30(36-29-12-8-7-11-26(29)31(38)39)21(2)37(20-22-9-5-4-6-10-22)32(40)35-23-13-18-27(33)28(34)19-23/h4-19,21H,3,20H2,1-2H3,(H,35,40). The van der Waals surface area contributed by atoms with Crippen molar-refractivity contribution in [2.75, 3.05) is 11.9 Å². The highest BCUT2D eigenvalue weighted by Gasteiger charge is 2.27. The summed E-state index contributed by atoms with van der Waals surface area (Å²) in [4.78, 5) is 34.3.